The smallest absolute Gasteiger partial charge is 0.0421 e. The molecule has 0 fully saturated rings. The van der Waals surface area contributed by atoms with Gasteiger partial charge in [-0.2, -0.15) is 0 Å². The van der Waals surface area contributed by atoms with Gasteiger partial charge in [0, 0.05) is 27.4 Å². The first-order valence-corrected chi connectivity index (χ1v) is 5.31. The standard InChI is InChI=1S/C13H13ClN2/c1-7-3-4-9-5-10(15)6-11(16)13(9)12(7)8(2)14/h3-6H,2,15-16H2,1H3. The van der Waals surface area contributed by atoms with Gasteiger partial charge in [-0.05, 0) is 30.0 Å². The van der Waals surface area contributed by atoms with Crippen LogP contribution >= 0.6 is 11.6 Å². The second-order valence-corrected chi connectivity index (χ2v) is 4.33. The Morgan fingerprint density at radius 2 is 1.94 bits per heavy atom. The lowest BCUT2D eigenvalue weighted by atomic mass is 9.98. The zero-order chi connectivity index (χ0) is 11.9. The first kappa shape index (κ1) is 10.8. The van der Waals surface area contributed by atoms with E-state index in [1.165, 1.54) is 0 Å². The molecule has 3 heteroatoms. The molecule has 4 N–H and O–H groups in total. The summed E-state index contributed by atoms with van der Waals surface area (Å²) in [4.78, 5) is 0. The van der Waals surface area contributed by atoms with Crippen LogP contribution in [0.25, 0.3) is 15.8 Å². The third-order valence-corrected chi connectivity index (χ3v) is 2.84. The van der Waals surface area contributed by atoms with Gasteiger partial charge in [0.1, 0.15) is 0 Å². The Morgan fingerprint density at radius 1 is 1.25 bits per heavy atom. The fourth-order valence-electron chi connectivity index (χ4n) is 1.98. The van der Waals surface area contributed by atoms with Crippen molar-refractivity contribution in [3.8, 4) is 0 Å². The maximum atomic E-state index is 6.02. The van der Waals surface area contributed by atoms with Gasteiger partial charge in [-0.1, -0.05) is 30.3 Å². The maximum Gasteiger partial charge on any atom is 0.0421 e. The summed E-state index contributed by atoms with van der Waals surface area (Å²) >= 11 is 6.02. The minimum Gasteiger partial charge on any atom is -0.399 e. The average molecular weight is 233 g/mol. The van der Waals surface area contributed by atoms with Crippen LogP contribution in [0.1, 0.15) is 11.1 Å². The molecule has 2 nitrogen and oxygen atoms in total. The van der Waals surface area contributed by atoms with Crippen molar-refractivity contribution in [2.24, 2.45) is 0 Å². The Kier molecular flexibility index (Phi) is 2.52. The molecule has 2 aromatic carbocycles. The second kappa shape index (κ2) is 3.72. The quantitative estimate of drug-likeness (QED) is 0.740. The molecule has 0 atom stereocenters. The fourth-order valence-corrected chi connectivity index (χ4v) is 2.22. The highest BCUT2D eigenvalue weighted by atomic mass is 35.5. The number of nitrogens with two attached hydrogens (primary N) is 2. The summed E-state index contributed by atoms with van der Waals surface area (Å²) < 4.78 is 0. The number of anilines is 2. The van der Waals surface area contributed by atoms with E-state index in [0.29, 0.717) is 16.4 Å². The summed E-state index contributed by atoms with van der Waals surface area (Å²) in [6, 6.07) is 7.60. The lowest BCUT2D eigenvalue weighted by Crippen LogP contribution is -1.95. The predicted octanol–water partition coefficient (Wildman–Crippen LogP) is 3.52. The first-order chi connectivity index (χ1) is 7.50. The highest BCUT2D eigenvalue weighted by Gasteiger charge is 2.10. The van der Waals surface area contributed by atoms with E-state index in [4.69, 9.17) is 23.1 Å². The molecule has 0 heterocycles. The summed E-state index contributed by atoms with van der Waals surface area (Å²) in [5, 5.41) is 2.41. The van der Waals surface area contributed by atoms with Gasteiger partial charge in [0.25, 0.3) is 0 Å². The third kappa shape index (κ3) is 1.61. The van der Waals surface area contributed by atoms with Crippen LogP contribution in [0.4, 0.5) is 11.4 Å². The molecule has 0 saturated heterocycles. The van der Waals surface area contributed by atoms with Crippen LogP contribution in [-0.4, -0.2) is 0 Å². The van der Waals surface area contributed by atoms with Crippen LogP contribution in [0.5, 0.6) is 0 Å². The Bertz CT molecular complexity index is 588. The first-order valence-electron chi connectivity index (χ1n) is 4.94. The summed E-state index contributed by atoms with van der Waals surface area (Å²) in [6.45, 7) is 5.76. The number of aryl methyl sites for hydroxylation is 1. The SMILES string of the molecule is C=C(Cl)c1c(C)ccc2cc(N)cc(N)c12. The maximum absolute atomic E-state index is 6.02. The number of rotatable bonds is 1. The topological polar surface area (TPSA) is 52.0 Å². The largest absolute Gasteiger partial charge is 0.399 e. The summed E-state index contributed by atoms with van der Waals surface area (Å²) in [5.74, 6) is 0. The second-order valence-electron chi connectivity index (χ2n) is 3.87. The van der Waals surface area contributed by atoms with Crippen molar-refractivity contribution in [2.45, 2.75) is 6.92 Å². The van der Waals surface area contributed by atoms with E-state index >= 15 is 0 Å². The van der Waals surface area contributed by atoms with Crippen molar-refractivity contribution in [3.63, 3.8) is 0 Å². The van der Waals surface area contributed by atoms with Crippen LogP contribution < -0.4 is 11.5 Å². The van der Waals surface area contributed by atoms with Gasteiger partial charge in [0.05, 0.1) is 0 Å². The van der Waals surface area contributed by atoms with Gasteiger partial charge in [0.2, 0.25) is 0 Å². The fraction of sp³-hybridized carbons (Fsp3) is 0.0769. The number of fused-ring (bicyclic) bond motifs is 1. The molecule has 0 amide bonds. The molecule has 0 aromatic heterocycles. The minimum atomic E-state index is 0.500. The molecule has 2 rings (SSSR count). The van der Waals surface area contributed by atoms with Crippen molar-refractivity contribution in [1.29, 1.82) is 0 Å². The molecule has 2 aromatic rings. The lowest BCUT2D eigenvalue weighted by Gasteiger charge is -2.12. The van der Waals surface area contributed by atoms with Crippen LogP contribution in [-0.2, 0) is 0 Å². The monoisotopic (exact) mass is 232 g/mol. The number of benzene rings is 2. The van der Waals surface area contributed by atoms with Crippen LogP contribution in [0, 0.1) is 6.92 Å². The van der Waals surface area contributed by atoms with Gasteiger partial charge in [0.15, 0.2) is 0 Å². The van der Waals surface area contributed by atoms with Crippen LogP contribution in [0.15, 0.2) is 30.8 Å². The number of hydrogen-bond donors (Lipinski definition) is 2. The van der Waals surface area contributed by atoms with Crippen molar-refractivity contribution in [2.75, 3.05) is 11.5 Å². The molecule has 0 radical (unpaired) electrons. The zero-order valence-electron chi connectivity index (χ0n) is 9.05. The van der Waals surface area contributed by atoms with E-state index in [9.17, 15) is 0 Å². The highest BCUT2D eigenvalue weighted by Crippen LogP contribution is 2.34. The van der Waals surface area contributed by atoms with Gasteiger partial charge < -0.3 is 11.5 Å². The normalized spacial score (nSPS) is 10.6. The van der Waals surface area contributed by atoms with Crippen molar-refractivity contribution in [1.82, 2.24) is 0 Å². The van der Waals surface area contributed by atoms with Crippen molar-refractivity contribution < 1.29 is 0 Å². The van der Waals surface area contributed by atoms with E-state index in [-0.39, 0.29) is 0 Å². The van der Waals surface area contributed by atoms with Gasteiger partial charge >= 0.3 is 0 Å². The average Bonchev–Trinajstić information content (AvgIpc) is 2.18. The number of nitrogen functional groups attached to an aromatic ring is 2. The van der Waals surface area contributed by atoms with Gasteiger partial charge in [-0.3, -0.25) is 0 Å². The third-order valence-electron chi connectivity index (χ3n) is 2.65. The summed E-state index contributed by atoms with van der Waals surface area (Å²) in [7, 11) is 0. The molecule has 0 unspecified atom stereocenters. The molecule has 0 spiro atoms. The van der Waals surface area contributed by atoms with Gasteiger partial charge in [-0.15, -0.1) is 0 Å². The molecule has 0 bridgehead atoms. The Balaban J connectivity index is 2.97. The zero-order valence-corrected chi connectivity index (χ0v) is 9.81. The predicted molar refractivity (Wildman–Crippen MR) is 72.4 cm³/mol. The summed E-state index contributed by atoms with van der Waals surface area (Å²) in [6.07, 6.45) is 0. The van der Waals surface area contributed by atoms with Crippen molar-refractivity contribution >= 4 is 38.8 Å². The number of hydrogen-bond acceptors (Lipinski definition) is 2. The molecule has 0 saturated carbocycles. The van der Waals surface area contributed by atoms with E-state index in [2.05, 4.69) is 6.58 Å². The highest BCUT2D eigenvalue weighted by molar-refractivity contribution is 6.49. The molecule has 0 aliphatic carbocycles. The molecule has 82 valence electrons. The molecule has 0 aliphatic heterocycles. The van der Waals surface area contributed by atoms with Crippen molar-refractivity contribution in [3.05, 3.63) is 42.0 Å². The number of halogens is 1. The Hall–Kier alpha value is -1.67. The molecular formula is C13H13ClN2. The Labute approximate surface area is 99.5 Å². The van der Waals surface area contributed by atoms with E-state index < -0.39 is 0 Å². The van der Waals surface area contributed by atoms with E-state index in [1.54, 1.807) is 6.07 Å². The van der Waals surface area contributed by atoms with Gasteiger partial charge in [-0.25, -0.2) is 0 Å². The summed E-state index contributed by atoms with van der Waals surface area (Å²) in [5.41, 5.74) is 15.0. The Morgan fingerprint density at radius 3 is 2.56 bits per heavy atom. The minimum absolute atomic E-state index is 0.500. The van der Waals surface area contributed by atoms with Crippen LogP contribution in [0.2, 0.25) is 0 Å². The molecule has 0 aliphatic rings. The van der Waals surface area contributed by atoms with E-state index in [0.717, 1.165) is 21.9 Å². The molecular weight excluding hydrogens is 220 g/mol. The lowest BCUT2D eigenvalue weighted by molar-refractivity contribution is 1.47. The van der Waals surface area contributed by atoms with E-state index in [1.807, 2.05) is 25.1 Å². The molecule has 16 heavy (non-hydrogen) atoms. The van der Waals surface area contributed by atoms with Crippen LogP contribution in [0.3, 0.4) is 0 Å².